The van der Waals surface area contributed by atoms with E-state index in [1.807, 2.05) is 0 Å². The summed E-state index contributed by atoms with van der Waals surface area (Å²) in [5.41, 5.74) is 6.53. The van der Waals surface area contributed by atoms with Crippen LogP contribution >= 0.6 is 0 Å². The Bertz CT molecular complexity index is 1920. The van der Waals surface area contributed by atoms with Gasteiger partial charge in [-0.25, -0.2) is 4.79 Å². The molecule has 14 heteroatoms. The minimum atomic E-state index is -4.59. The molecule has 0 saturated heterocycles. The molecular formula is C33H28F3N5O6. The highest BCUT2D eigenvalue weighted by atomic mass is 19.4. The number of rotatable bonds is 10. The largest absolute Gasteiger partial charge is 0.465 e. The van der Waals surface area contributed by atoms with Crippen LogP contribution in [0.15, 0.2) is 79.0 Å². The lowest BCUT2D eigenvalue weighted by molar-refractivity contribution is -0.137. The average Bonchev–Trinajstić information content (AvgIpc) is 3.59. The maximum atomic E-state index is 13.1. The summed E-state index contributed by atoms with van der Waals surface area (Å²) in [5, 5.41) is 8.33. The van der Waals surface area contributed by atoms with Crippen LogP contribution in [0, 0.1) is 0 Å². The number of fused-ring (bicyclic) bond motifs is 1. The second kappa shape index (κ2) is 13.2. The van der Waals surface area contributed by atoms with E-state index in [0.717, 1.165) is 18.2 Å². The minimum absolute atomic E-state index is 0.0818. The molecule has 2 heterocycles. The van der Waals surface area contributed by atoms with Gasteiger partial charge in [-0.3, -0.25) is 19.7 Å². The Morgan fingerprint density at radius 1 is 1.00 bits per heavy atom. The van der Waals surface area contributed by atoms with Crippen molar-refractivity contribution in [2.75, 3.05) is 24.8 Å². The number of primary amides is 1. The first-order valence-corrected chi connectivity index (χ1v) is 14.1. The maximum Gasteiger partial charge on any atom is 0.416 e. The van der Waals surface area contributed by atoms with E-state index < -0.39 is 41.6 Å². The van der Waals surface area contributed by atoms with Gasteiger partial charge in [0.1, 0.15) is 11.5 Å². The minimum Gasteiger partial charge on any atom is -0.465 e. The number of aromatic nitrogens is 1. The molecule has 3 aromatic carbocycles. The summed E-state index contributed by atoms with van der Waals surface area (Å²) in [6.07, 6.45) is -2.19. The van der Waals surface area contributed by atoms with Gasteiger partial charge in [-0.15, -0.1) is 0 Å². The Hall–Kier alpha value is -5.89. The van der Waals surface area contributed by atoms with Crippen molar-refractivity contribution in [3.05, 3.63) is 107 Å². The third-order valence-electron chi connectivity index (χ3n) is 7.21. The summed E-state index contributed by atoms with van der Waals surface area (Å²) >= 11 is 0. The van der Waals surface area contributed by atoms with Crippen molar-refractivity contribution < 1.29 is 41.8 Å². The van der Waals surface area contributed by atoms with Crippen molar-refractivity contribution >= 4 is 46.7 Å². The van der Waals surface area contributed by atoms with Gasteiger partial charge in [-0.1, -0.05) is 12.1 Å². The molecule has 0 radical (unpaired) electrons. The fourth-order valence-electron chi connectivity index (χ4n) is 4.98. The molecule has 4 aromatic rings. The van der Waals surface area contributed by atoms with Crippen LogP contribution in [-0.2, 0) is 20.5 Å². The SMILES string of the molecule is CNC(CC(N)=O)n1cc(C(=O)OC)cc1C=C1C(=O)Nc2cc(Oc3cccc(NC(=O)c4cccc(C(F)(F)F)c4)c3)ccc21. The molecule has 1 aliphatic heterocycles. The smallest absolute Gasteiger partial charge is 0.416 e. The summed E-state index contributed by atoms with van der Waals surface area (Å²) in [6, 6.07) is 16.8. The number of hydrogen-bond donors (Lipinski definition) is 4. The van der Waals surface area contributed by atoms with Crippen molar-refractivity contribution in [3.8, 4) is 11.5 Å². The number of anilines is 2. The van der Waals surface area contributed by atoms with E-state index in [4.69, 9.17) is 15.2 Å². The van der Waals surface area contributed by atoms with Gasteiger partial charge < -0.3 is 30.4 Å². The number of nitrogens with one attached hydrogen (secondary N) is 3. The van der Waals surface area contributed by atoms with Crippen LogP contribution < -0.4 is 26.4 Å². The molecule has 1 unspecified atom stereocenters. The lowest BCUT2D eigenvalue weighted by Crippen LogP contribution is -2.28. The molecule has 5 rings (SSSR count). The average molecular weight is 648 g/mol. The highest BCUT2D eigenvalue weighted by Crippen LogP contribution is 2.38. The lowest BCUT2D eigenvalue weighted by Gasteiger charge is -2.19. The van der Waals surface area contributed by atoms with E-state index in [2.05, 4.69) is 16.0 Å². The number of amides is 3. The first-order valence-electron chi connectivity index (χ1n) is 14.1. The second-order valence-corrected chi connectivity index (χ2v) is 10.4. The highest BCUT2D eigenvalue weighted by Gasteiger charge is 2.31. The molecule has 3 amide bonds. The molecule has 0 bridgehead atoms. The molecule has 0 fully saturated rings. The highest BCUT2D eigenvalue weighted by molar-refractivity contribution is 6.35. The zero-order chi connectivity index (χ0) is 33.9. The number of alkyl halides is 3. The van der Waals surface area contributed by atoms with Crippen LogP contribution in [0.4, 0.5) is 24.5 Å². The van der Waals surface area contributed by atoms with Gasteiger partial charge in [0.25, 0.3) is 11.8 Å². The van der Waals surface area contributed by atoms with E-state index in [0.29, 0.717) is 28.4 Å². The number of halogens is 3. The topological polar surface area (TPSA) is 154 Å². The molecule has 0 saturated carbocycles. The Kier molecular flexibility index (Phi) is 9.15. The molecular weight excluding hydrogens is 619 g/mol. The van der Waals surface area contributed by atoms with Crippen LogP contribution in [0.25, 0.3) is 11.6 Å². The number of nitrogens with zero attached hydrogens (tertiary/aromatic N) is 1. The number of benzene rings is 3. The van der Waals surface area contributed by atoms with Gasteiger partial charge in [0.2, 0.25) is 5.91 Å². The van der Waals surface area contributed by atoms with Crippen LogP contribution in [0.1, 0.15) is 50.1 Å². The van der Waals surface area contributed by atoms with Crippen molar-refractivity contribution in [2.45, 2.75) is 18.8 Å². The molecule has 0 spiro atoms. The Labute approximate surface area is 266 Å². The maximum absolute atomic E-state index is 13.1. The first-order chi connectivity index (χ1) is 22.4. The number of ether oxygens (including phenoxy) is 2. The second-order valence-electron chi connectivity index (χ2n) is 10.4. The number of methoxy groups -OCH3 is 1. The molecule has 0 aliphatic carbocycles. The summed E-state index contributed by atoms with van der Waals surface area (Å²) in [5.74, 6) is -1.66. The van der Waals surface area contributed by atoms with Crippen LogP contribution in [-0.4, -0.2) is 42.4 Å². The van der Waals surface area contributed by atoms with Gasteiger partial charge in [0, 0.05) is 40.8 Å². The number of nitrogens with two attached hydrogens (primary N) is 1. The number of esters is 1. The van der Waals surface area contributed by atoms with E-state index in [1.54, 1.807) is 54.1 Å². The van der Waals surface area contributed by atoms with Crippen molar-refractivity contribution in [1.82, 2.24) is 9.88 Å². The monoisotopic (exact) mass is 647 g/mol. The van der Waals surface area contributed by atoms with Crippen LogP contribution in [0.2, 0.25) is 0 Å². The van der Waals surface area contributed by atoms with Gasteiger partial charge >= 0.3 is 12.1 Å². The summed E-state index contributed by atoms with van der Waals surface area (Å²) in [6.45, 7) is 0. The summed E-state index contributed by atoms with van der Waals surface area (Å²) in [7, 11) is 2.87. The van der Waals surface area contributed by atoms with Crippen LogP contribution in [0.5, 0.6) is 11.5 Å². The Balaban J connectivity index is 1.37. The van der Waals surface area contributed by atoms with E-state index in [1.165, 1.54) is 31.5 Å². The Morgan fingerprint density at radius 3 is 2.45 bits per heavy atom. The predicted molar refractivity (Wildman–Crippen MR) is 167 cm³/mol. The lowest BCUT2D eigenvalue weighted by atomic mass is 10.1. The fourth-order valence-corrected chi connectivity index (χ4v) is 4.98. The molecule has 1 atom stereocenters. The zero-order valence-electron chi connectivity index (χ0n) is 25.0. The predicted octanol–water partition coefficient (Wildman–Crippen LogP) is 5.42. The number of carbonyl (C=O) groups is 4. The zero-order valence-corrected chi connectivity index (χ0v) is 25.0. The van der Waals surface area contributed by atoms with Gasteiger partial charge in [0.05, 0.1) is 42.1 Å². The molecule has 47 heavy (non-hydrogen) atoms. The van der Waals surface area contributed by atoms with Crippen LogP contribution in [0.3, 0.4) is 0 Å². The third kappa shape index (κ3) is 7.34. The van der Waals surface area contributed by atoms with Gasteiger partial charge in [0.15, 0.2) is 0 Å². The van der Waals surface area contributed by atoms with Gasteiger partial charge in [-0.2, -0.15) is 13.2 Å². The van der Waals surface area contributed by atoms with Crippen molar-refractivity contribution in [3.63, 3.8) is 0 Å². The molecule has 1 aromatic heterocycles. The first kappa shape index (κ1) is 32.5. The molecule has 5 N–H and O–H groups in total. The molecule has 11 nitrogen and oxygen atoms in total. The van der Waals surface area contributed by atoms with Crippen molar-refractivity contribution in [2.24, 2.45) is 5.73 Å². The standard InChI is InChI=1S/C33H28F3N5O6/c1-38-29(16-28(37)42)41-17-19(32(45)46-2)12-22(41)14-26-25-10-9-24(15-27(25)40-31(26)44)47-23-8-4-7-21(13-23)39-30(43)18-5-3-6-20(11-18)33(34,35)36/h3-15,17,29,38H,16H2,1-2H3,(H2,37,42)(H,39,43)(H,40,44). The van der Waals surface area contributed by atoms with E-state index in [9.17, 15) is 32.3 Å². The number of carbonyl (C=O) groups excluding carboxylic acids is 4. The quantitative estimate of drug-likeness (QED) is 0.132. The normalized spacial score (nSPS) is 13.9. The van der Waals surface area contributed by atoms with E-state index >= 15 is 0 Å². The van der Waals surface area contributed by atoms with Crippen molar-refractivity contribution in [1.29, 1.82) is 0 Å². The number of hydrogen-bond acceptors (Lipinski definition) is 7. The molecule has 242 valence electrons. The summed E-state index contributed by atoms with van der Waals surface area (Å²) in [4.78, 5) is 49.6. The Morgan fingerprint density at radius 2 is 1.74 bits per heavy atom. The summed E-state index contributed by atoms with van der Waals surface area (Å²) < 4.78 is 51.6. The fraction of sp³-hybridized carbons (Fsp3) is 0.152. The van der Waals surface area contributed by atoms with Gasteiger partial charge in [-0.05, 0) is 61.7 Å². The third-order valence-corrected chi connectivity index (χ3v) is 7.21. The van der Waals surface area contributed by atoms with E-state index in [-0.39, 0.29) is 28.8 Å². The molecule has 1 aliphatic rings.